The lowest BCUT2D eigenvalue weighted by molar-refractivity contribution is -0.137. The largest absolute Gasteiger partial charge is 0.340 e. The Bertz CT molecular complexity index is 1250. The van der Waals surface area contributed by atoms with E-state index in [-0.39, 0.29) is 29.7 Å². The van der Waals surface area contributed by atoms with Crippen molar-refractivity contribution in [3.63, 3.8) is 0 Å². The van der Waals surface area contributed by atoms with Gasteiger partial charge < -0.3 is 9.80 Å². The first-order chi connectivity index (χ1) is 16.0. The fourth-order valence-electron chi connectivity index (χ4n) is 4.51. The van der Waals surface area contributed by atoms with Crippen molar-refractivity contribution in [1.29, 1.82) is 0 Å². The monoisotopic (exact) mass is 485 g/mol. The Kier molecular flexibility index (Phi) is 6.18. The Hall–Kier alpha value is -2.75. The summed E-state index contributed by atoms with van der Waals surface area (Å²) >= 11 is 7.67. The van der Waals surface area contributed by atoms with Crippen LogP contribution in [0.1, 0.15) is 17.7 Å². The topological polar surface area (TPSA) is 78.2 Å². The minimum atomic E-state index is -0.311. The first kappa shape index (κ1) is 22.1. The van der Waals surface area contributed by atoms with E-state index in [9.17, 15) is 14.4 Å². The second-order valence-corrected chi connectivity index (χ2v) is 9.79. The number of rotatable bonds is 5. The molecule has 0 aliphatic carbocycles. The van der Waals surface area contributed by atoms with Crippen LogP contribution < -0.4 is 5.56 Å². The molecule has 8 nitrogen and oxygen atoms in total. The number of hydrogen-bond acceptors (Lipinski definition) is 6. The number of aromatic nitrogens is 2. The summed E-state index contributed by atoms with van der Waals surface area (Å²) in [7, 11) is 0. The van der Waals surface area contributed by atoms with Crippen molar-refractivity contribution in [3.05, 3.63) is 68.5 Å². The summed E-state index contributed by atoms with van der Waals surface area (Å²) in [6.45, 7) is 4.07. The van der Waals surface area contributed by atoms with Gasteiger partial charge in [0, 0.05) is 74.9 Å². The Morgan fingerprint density at radius 1 is 1.12 bits per heavy atom. The number of carbonyl (C=O) groups is 2. The molecule has 1 aromatic carbocycles. The van der Waals surface area contributed by atoms with Crippen molar-refractivity contribution >= 4 is 39.7 Å². The van der Waals surface area contributed by atoms with Crippen LogP contribution in [0.4, 0.5) is 0 Å². The van der Waals surface area contributed by atoms with Gasteiger partial charge in [0.05, 0.1) is 11.6 Å². The number of thiazole rings is 1. The van der Waals surface area contributed by atoms with Crippen LogP contribution in [0.2, 0.25) is 5.02 Å². The van der Waals surface area contributed by atoms with Crippen LogP contribution in [0.15, 0.2) is 46.7 Å². The van der Waals surface area contributed by atoms with E-state index in [2.05, 4.69) is 9.88 Å². The molecular weight excluding hydrogens is 462 g/mol. The van der Waals surface area contributed by atoms with Gasteiger partial charge in [0.1, 0.15) is 0 Å². The second kappa shape index (κ2) is 9.24. The fraction of sp³-hybridized carbons (Fsp3) is 0.391. The standard InChI is InChI=1S/C23H24ClN5O3S/c24-19-4-2-1-3-16(19)13-28-14-17(11-20(28)30)22(32)27-7-5-26(6-8-27)15-18-12-21(31)29-9-10-33-23(29)25-18/h1-4,9-10,12,17H,5-8,11,13-15H2/t17-/m0/s1. The number of hydrogen-bond donors (Lipinski definition) is 0. The number of amides is 2. The van der Waals surface area contributed by atoms with Crippen LogP contribution in [-0.2, 0) is 22.7 Å². The van der Waals surface area contributed by atoms with Crippen molar-refractivity contribution in [2.24, 2.45) is 5.92 Å². The maximum atomic E-state index is 13.1. The molecule has 2 aliphatic rings. The summed E-state index contributed by atoms with van der Waals surface area (Å²) in [4.78, 5) is 48.9. The predicted octanol–water partition coefficient (Wildman–Crippen LogP) is 2.10. The normalized spacial score (nSPS) is 19.5. The molecule has 2 amide bonds. The van der Waals surface area contributed by atoms with Gasteiger partial charge in [0.25, 0.3) is 5.56 Å². The molecule has 0 saturated carbocycles. The van der Waals surface area contributed by atoms with Gasteiger partial charge in [-0.15, -0.1) is 11.3 Å². The fourth-order valence-corrected chi connectivity index (χ4v) is 5.44. The molecule has 2 aliphatic heterocycles. The molecule has 5 rings (SSSR count). The molecule has 1 atom stereocenters. The molecule has 2 saturated heterocycles. The van der Waals surface area contributed by atoms with Gasteiger partial charge >= 0.3 is 0 Å². The highest BCUT2D eigenvalue weighted by atomic mass is 35.5. The minimum Gasteiger partial charge on any atom is -0.340 e. The quantitative estimate of drug-likeness (QED) is 0.553. The molecule has 0 bridgehead atoms. The Balaban J connectivity index is 1.15. The van der Waals surface area contributed by atoms with Crippen molar-refractivity contribution in [1.82, 2.24) is 24.1 Å². The molecule has 2 aromatic heterocycles. The Morgan fingerprint density at radius 3 is 2.70 bits per heavy atom. The SMILES string of the molecule is O=C1C[C@H](C(=O)N2CCN(Cc3cc(=O)n4ccsc4n3)CC2)CN1Cc1ccccc1Cl. The molecular formula is C23H24ClN5O3S. The minimum absolute atomic E-state index is 0.00626. The van der Waals surface area contributed by atoms with Gasteiger partial charge in [-0.2, -0.15) is 0 Å². The van der Waals surface area contributed by atoms with Crippen molar-refractivity contribution < 1.29 is 9.59 Å². The Morgan fingerprint density at radius 2 is 1.91 bits per heavy atom. The third-order valence-electron chi connectivity index (χ3n) is 6.31. The highest BCUT2D eigenvalue weighted by Crippen LogP contribution is 2.25. The van der Waals surface area contributed by atoms with Crippen molar-refractivity contribution in [2.45, 2.75) is 19.5 Å². The average Bonchev–Trinajstić information content (AvgIpc) is 3.42. The van der Waals surface area contributed by atoms with Gasteiger partial charge in [0.2, 0.25) is 11.8 Å². The lowest BCUT2D eigenvalue weighted by Crippen LogP contribution is -2.50. The van der Waals surface area contributed by atoms with Crippen molar-refractivity contribution in [2.75, 3.05) is 32.7 Å². The van der Waals surface area contributed by atoms with Crippen LogP contribution in [-0.4, -0.2) is 68.6 Å². The molecule has 3 aromatic rings. The molecule has 0 radical (unpaired) electrons. The van der Waals surface area contributed by atoms with Crippen LogP contribution in [0.25, 0.3) is 4.96 Å². The van der Waals surface area contributed by atoms with Gasteiger partial charge in [0.15, 0.2) is 4.96 Å². The van der Waals surface area contributed by atoms with E-state index in [0.29, 0.717) is 55.8 Å². The van der Waals surface area contributed by atoms with E-state index in [0.717, 1.165) is 11.3 Å². The molecule has 33 heavy (non-hydrogen) atoms. The number of halogens is 1. The van der Waals surface area contributed by atoms with Gasteiger partial charge in [-0.25, -0.2) is 4.98 Å². The Labute approximate surface area is 200 Å². The van der Waals surface area contributed by atoms with Gasteiger partial charge in [-0.05, 0) is 11.6 Å². The molecule has 0 spiro atoms. The summed E-state index contributed by atoms with van der Waals surface area (Å²) in [5, 5.41) is 2.48. The van der Waals surface area contributed by atoms with E-state index in [4.69, 9.17) is 11.6 Å². The van der Waals surface area contributed by atoms with E-state index < -0.39 is 0 Å². The smallest absolute Gasteiger partial charge is 0.258 e. The van der Waals surface area contributed by atoms with Crippen LogP contribution in [0, 0.1) is 5.92 Å². The van der Waals surface area contributed by atoms with Crippen LogP contribution in [0.3, 0.4) is 0 Å². The van der Waals surface area contributed by atoms with Gasteiger partial charge in [-0.1, -0.05) is 29.8 Å². The summed E-state index contributed by atoms with van der Waals surface area (Å²) in [5.41, 5.74) is 1.57. The highest BCUT2D eigenvalue weighted by molar-refractivity contribution is 7.15. The zero-order chi connectivity index (χ0) is 22.9. The third-order valence-corrected chi connectivity index (χ3v) is 7.43. The number of fused-ring (bicyclic) bond motifs is 1. The lowest BCUT2D eigenvalue weighted by atomic mass is 10.1. The van der Waals surface area contributed by atoms with E-state index in [1.54, 1.807) is 21.6 Å². The molecule has 0 N–H and O–H groups in total. The first-order valence-corrected chi connectivity index (χ1v) is 12.2. The summed E-state index contributed by atoms with van der Waals surface area (Å²) < 4.78 is 1.54. The average molecular weight is 486 g/mol. The molecule has 10 heteroatoms. The maximum absolute atomic E-state index is 13.1. The maximum Gasteiger partial charge on any atom is 0.258 e. The van der Waals surface area contributed by atoms with Crippen LogP contribution in [0.5, 0.6) is 0 Å². The molecule has 2 fully saturated rings. The molecule has 4 heterocycles. The second-order valence-electron chi connectivity index (χ2n) is 8.51. The van der Waals surface area contributed by atoms with Gasteiger partial charge in [-0.3, -0.25) is 23.7 Å². The molecule has 0 unspecified atom stereocenters. The van der Waals surface area contributed by atoms with E-state index in [1.807, 2.05) is 34.5 Å². The van der Waals surface area contributed by atoms with Crippen LogP contribution >= 0.6 is 22.9 Å². The van der Waals surface area contributed by atoms with E-state index >= 15 is 0 Å². The lowest BCUT2D eigenvalue weighted by Gasteiger charge is -2.35. The summed E-state index contributed by atoms with van der Waals surface area (Å²) in [6, 6.07) is 9.05. The van der Waals surface area contributed by atoms with E-state index in [1.165, 1.54) is 11.3 Å². The number of carbonyl (C=O) groups excluding carboxylic acids is 2. The third kappa shape index (κ3) is 4.66. The predicted molar refractivity (Wildman–Crippen MR) is 126 cm³/mol. The first-order valence-electron chi connectivity index (χ1n) is 11.0. The number of piperazine rings is 1. The summed E-state index contributed by atoms with van der Waals surface area (Å²) in [5.74, 6) is -0.274. The zero-order valence-corrected chi connectivity index (χ0v) is 19.6. The van der Waals surface area contributed by atoms with Crippen molar-refractivity contribution in [3.8, 4) is 0 Å². The molecule has 172 valence electrons. The highest BCUT2D eigenvalue weighted by Gasteiger charge is 2.37. The number of likely N-dealkylation sites (tertiary alicyclic amines) is 1. The number of benzene rings is 1. The zero-order valence-electron chi connectivity index (χ0n) is 18.0. The summed E-state index contributed by atoms with van der Waals surface area (Å²) in [6.07, 6.45) is 1.98. The number of nitrogens with zero attached hydrogens (tertiary/aromatic N) is 5.